The third-order valence-electron chi connectivity index (χ3n) is 2.80. The van der Waals surface area contributed by atoms with Gasteiger partial charge in [0.25, 0.3) is 0 Å². The van der Waals surface area contributed by atoms with Gasteiger partial charge in [0, 0.05) is 5.39 Å². The van der Waals surface area contributed by atoms with E-state index in [1.807, 2.05) is 43.3 Å². The summed E-state index contributed by atoms with van der Waals surface area (Å²) in [5, 5.41) is 12.5. The van der Waals surface area contributed by atoms with Crippen LogP contribution >= 0.6 is 0 Å². The molecule has 0 aliphatic carbocycles. The second-order valence-electron chi connectivity index (χ2n) is 4.14. The average molecular weight is 239 g/mol. The minimum Gasteiger partial charge on any atom is -0.465 e. The van der Waals surface area contributed by atoms with E-state index in [4.69, 9.17) is 4.42 Å². The smallest absolute Gasteiger partial charge is 0.123 e. The quantitative estimate of drug-likeness (QED) is 0.762. The van der Waals surface area contributed by atoms with Crippen LogP contribution in [0.15, 0.2) is 47.0 Å². The van der Waals surface area contributed by atoms with Gasteiger partial charge in [0.1, 0.15) is 11.5 Å². The Morgan fingerprint density at radius 2 is 2.06 bits per heavy atom. The number of fused-ring (bicyclic) bond motifs is 1. The number of nitrogens with one attached hydrogen (secondary N) is 1. The highest BCUT2D eigenvalue weighted by molar-refractivity contribution is 5.90. The largest absolute Gasteiger partial charge is 0.465 e. The predicted octanol–water partition coefficient (Wildman–Crippen LogP) is 3.14. The first-order chi connectivity index (χ1) is 8.83. The van der Waals surface area contributed by atoms with Crippen molar-refractivity contribution in [3.8, 4) is 0 Å². The third kappa shape index (κ3) is 2.05. The first-order valence-electron chi connectivity index (χ1n) is 5.82. The summed E-state index contributed by atoms with van der Waals surface area (Å²) in [4.78, 5) is 0. The number of anilines is 1. The van der Waals surface area contributed by atoms with Gasteiger partial charge in [-0.25, -0.2) is 0 Å². The van der Waals surface area contributed by atoms with Crippen LogP contribution in [0.1, 0.15) is 11.5 Å². The van der Waals surface area contributed by atoms with Gasteiger partial charge in [-0.3, -0.25) is 0 Å². The number of hydrogen-bond acceptors (Lipinski definition) is 4. The molecule has 0 amide bonds. The van der Waals surface area contributed by atoms with Crippen molar-refractivity contribution in [2.45, 2.75) is 13.5 Å². The Morgan fingerprint density at radius 3 is 2.89 bits per heavy atom. The molecule has 0 saturated carbocycles. The Labute approximate surface area is 105 Å². The van der Waals surface area contributed by atoms with E-state index in [-0.39, 0.29) is 0 Å². The number of benzene rings is 1. The van der Waals surface area contributed by atoms with Crippen molar-refractivity contribution in [2.24, 2.45) is 0 Å². The fourth-order valence-electron chi connectivity index (χ4n) is 1.91. The number of aryl methyl sites for hydroxylation is 1. The minimum absolute atomic E-state index is 0.642. The Balaban J connectivity index is 1.86. The van der Waals surface area contributed by atoms with Crippen molar-refractivity contribution in [1.82, 2.24) is 10.2 Å². The van der Waals surface area contributed by atoms with Crippen LogP contribution in [-0.2, 0) is 6.54 Å². The van der Waals surface area contributed by atoms with Gasteiger partial charge in [-0.15, -0.1) is 0 Å². The normalized spacial score (nSPS) is 10.7. The maximum atomic E-state index is 5.52. The van der Waals surface area contributed by atoms with Crippen LogP contribution in [0.25, 0.3) is 10.9 Å². The van der Waals surface area contributed by atoms with E-state index in [1.165, 1.54) is 0 Å². The number of rotatable bonds is 3. The summed E-state index contributed by atoms with van der Waals surface area (Å²) in [5.74, 6) is 1.83. The van der Waals surface area contributed by atoms with Crippen molar-refractivity contribution < 1.29 is 4.42 Å². The standard InChI is InChI=1S/C14H13N3O/c1-10-6-7-11(18-10)8-15-14-9-16-17-13-5-3-2-4-12(13)14/h2-7,9H,8H2,1H3,(H,15,17). The molecule has 18 heavy (non-hydrogen) atoms. The van der Waals surface area contributed by atoms with Gasteiger partial charge in [-0.2, -0.15) is 10.2 Å². The molecule has 4 nitrogen and oxygen atoms in total. The third-order valence-corrected chi connectivity index (χ3v) is 2.80. The zero-order chi connectivity index (χ0) is 12.4. The summed E-state index contributed by atoms with van der Waals surface area (Å²) >= 11 is 0. The van der Waals surface area contributed by atoms with Crippen LogP contribution in [0.2, 0.25) is 0 Å². The summed E-state index contributed by atoms with van der Waals surface area (Å²) in [6, 6.07) is 11.9. The lowest BCUT2D eigenvalue weighted by Crippen LogP contribution is -2.00. The Bertz CT molecular complexity index is 670. The van der Waals surface area contributed by atoms with Gasteiger partial charge < -0.3 is 9.73 Å². The first kappa shape index (κ1) is 10.8. The molecule has 2 aromatic heterocycles. The number of furan rings is 1. The summed E-state index contributed by atoms with van der Waals surface area (Å²) in [6.45, 7) is 2.58. The highest BCUT2D eigenvalue weighted by atomic mass is 16.3. The molecule has 0 unspecified atom stereocenters. The van der Waals surface area contributed by atoms with Crippen LogP contribution in [0.4, 0.5) is 5.69 Å². The summed E-state index contributed by atoms with van der Waals surface area (Å²) in [6.07, 6.45) is 1.73. The van der Waals surface area contributed by atoms with Gasteiger partial charge in [0.15, 0.2) is 0 Å². The minimum atomic E-state index is 0.642. The predicted molar refractivity (Wildman–Crippen MR) is 70.3 cm³/mol. The monoisotopic (exact) mass is 239 g/mol. The van der Waals surface area contributed by atoms with E-state index in [2.05, 4.69) is 15.5 Å². The van der Waals surface area contributed by atoms with Crippen molar-refractivity contribution in [3.63, 3.8) is 0 Å². The SMILES string of the molecule is Cc1ccc(CNc2cnnc3ccccc23)o1. The number of nitrogens with zero attached hydrogens (tertiary/aromatic N) is 2. The zero-order valence-electron chi connectivity index (χ0n) is 10.1. The molecule has 0 spiro atoms. The zero-order valence-corrected chi connectivity index (χ0v) is 10.1. The van der Waals surface area contributed by atoms with E-state index in [1.54, 1.807) is 6.20 Å². The van der Waals surface area contributed by atoms with Crippen LogP contribution in [-0.4, -0.2) is 10.2 Å². The highest BCUT2D eigenvalue weighted by Crippen LogP contribution is 2.20. The molecule has 3 rings (SSSR count). The second-order valence-corrected chi connectivity index (χ2v) is 4.14. The van der Waals surface area contributed by atoms with Crippen molar-refractivity contribution >= 4 is 16.6 Å². The maximum Gasteiger partial charge on any atom is 0.123 e. The Hall–Kier alpha value is -2.36. The molecule has 90 valence electrons. The lowest BCUT2D eigenvalue weighted by atomic mass is 10.2. The van der Waals surface area contributed by atoms with Crippen LogP contribution < -0.4 is 5.32 Å². The molecule has 4 heteroatoms. The second kappa shape index (κ2) is 4.49. The van der Waals surface area contributed by atoms with Crippen molar-refractivity contribution in [1.29, 1.82) is 0 Å². The molecule has 0 saturated heterocycles. The fourth-order valence-corrected chi connectivity index (χ4v) is 1.91. The summed E-state index contributed by atoms with van der Waals surface area (Å²) in [5.41, 5.74) is 1.85. The van der Waals surface area contributed by atoms with E-state index in [9.17, 15) is 0 Å². The van der Waals surface area contributed by atoms with Crippen LogP contribution in [0.3, 0.4) is 0 Å². The molecule has 0 aliphatic rings. The van der Waals surface area contributed by atoms with Crippen LogP contribution in [0, 0.1) is 6.92 Å². The molecule has 3 aromatic rings. The summed E-state index contributed by atoms with van der Waals surface area (Å²) in [7, 11) is 0. The number of aromatic nitrogens is 2. The average Bonchev–Trinajstić information content (AvgIpc) is 2.82. The topological polar surface area (TPSA) is 51.0 Å². The summed E-state index contributed by atoms with van der Waals surface area (Å²) < 4.78 is 5.52. The van der Waals surface area contributed by atoms with E-state index >= 15 is 0 Å². The van der Waals surface area contributed by atoms with E-state index in [0.29, 0.717) is 6.54 Å². The molecule has 0 bridgehead atoms. The van der Waals surface area contributed by atoms with Gasteiger partial charge in [-0.1, -0.05) is 18.2 Å². The fraction of sp³-hybridized carbons (Fsp3) is 0.143. The molecule has 0 aliphatic heterocycles. The van der Waals surface area contributed by atoms with Crippen molar-refractivity contribution in [3.05, 3.63) is 54.1 Å². The Morgan fingerprint density at radius 1 is 1.17 bits per heavy atom. The molecule has 1 N–H and O–H groups in total. The first-order valence-corrected chi connectivity index (χ1v) is 5.82. The Kier molecular flexibility index (Phi) is 2.68. The number of hydrogen-bond donors (Lipinski definition) is 1. The highest BCUT2D eigenvalue weighted by Gasteiger charge is 2.03. The van der Waals surface area contributed by atoms with Gasteiger partial charge in [-0.05, 0) is 25.1 Å². The molecule has 0 radical (unpaired) electrons. The molecular formula is C14H13N3O. The maximum absolute atomic E-state index is 5.52. The van der Waals surface area contributed by atoms with Gasteiger partial charge >= 0.3 is 0 Å². The molecule has 2 heterocycles. The van der Waals surface area contributed by atoms with Gasteiger partial charge in [0.05, 0.1) is 23.9 Å². The molecular weight excluding hydrogens is 226 g/mol. The van der Waals surface area contributed by atoms with Crippen molar-refractivity contribution in [2.75, 3.05) is 5.32 Å². The van der Waals surface area contributed by atoms with Gasteiger partial charge in [0.2, 0.25) is 0 Å². The molecule has 1 aromatic carbocycles. The molecule has 0 fully saturated rings. The molecule has 0 atom stereocenters. The van der Waals surface area contributed by atoms with E-state index in [0.717, 1.165) is 28.1 Å². The van der Waals surface area contributed by atoms with Crippen LogP contribution in [0.5, 0.6) is 0 Å². The lowest BCUT2D eigenvalue weighted by molar-refractivity contribution is 0.490. The van der Waals surface area contributed by atoms with E-state index < -0.39 is 0 Å². The lowest BCUT2D eigenvalue weighted by Gasteiger charge is -2.06.